The lowest BCUT2D eigenvalue weighted by atomic mass is 10.1. The minimum Gasteiger partial charge on any atom is -0.497 e. The lowest BCUT2D eigenvalue weighted by Gasteiger charge is -2.03. The first-order valence-corrected chi connectivity index (χ1v) is 5.53. The highest BCUT2D eigenvalue weighted by atomic mass is 16.5. The molecule has 1 atom stereocenters. The SMILES string of the molecule is COC(=O)C1CCC(c2ccc(OC)cc2)=N1. The maximum atomic E-state index is 11.3. The van der Waals surface area contributed by atoms with Crippen LogP contribution in [0.3, 0.4) is 0 Å². The Hall–Kier alpha value is -1.84. The second-order valence-electron chi connectivity index (χ2n) is 3.88. The molecular formula is C13H15NO3. The molecule has 0 radical (unpaired) electrons. The van der Waals surface area contributed by atoms with Gasteiger partial charge in [-0.3, -0.25) is 4.99 Å². The minimum absolute atomic E-state index is 0.256. The number of hydrogen-bond donors (Lipinski definition) is 0. The summed E-state index contributed by atoms with van der Waals surface area (Å²) < 4.78 is 9.78. The van der Waals surface area contributed by atoms with E-state index in [4.69, 9.17) is 4.74 Å². The van der Waals surface area contributed by atoms with Gasteiger partial charge < -0.3 is 9.47 Å². The third-order valence-electron chi connectivity index (χ3n) is 2.86. The number of methoxy groups -OCH3 is 2. The van der Waals surface area contributed by atoms with Crippen LogP contribution in [0.2, 0.25) is 0 Å². The summed E-state index contributed by atoms with van der Waals surface area (Å²) in [7, 11) is 3.03. The average molecular weight is 233 g/mol. The van der Waals surface area contributed by atoms with Crippen molar-refractivity contribution in [1.29, 1.82) is 0 Å². The number of carbonyl (C=O) groups excluding carboxylic acids is 1. The fourth-order valence-electron chi connectivity index (χ4n) is 1.90. The molecule has 4 heteroatoms. The zero-order chi connectivity index (χ0) is 12.3. The molecule has 1 aliphatic rings. The predicted molar refractivity (Wildman–Crippen MR) is 64.6 cm³/mol. The van der Waals surface area contributed by atoms with Crippen molar-refractivity contribution in [2.24, 2.45) is 4.99 Å². The van der Waals surface area contributed by atoms with Crippen LogP contribution in [0.15, 0.2) is 29.3 Å². The van der Waals surface area contributed by atoms with Gasteiger partial charge >= 0.3 is 5.97 Å². The molecule has 0 aromatic heterocycles. The van der Waals surface area contributed by atoms with Crippen molar-refractivity contribution in [3.05, 3.63) is 29.8 Å². The van der Waals surface area contributed by atoms with Crippen LogP contribution in [0.25, 0.3) is 0 Å². The summed E-state index contributed by atoms with van der Waals surface area (Å²) in [5.74, 6) is 0.561. The minimum atomic E-state index is -0.336. The average Bonchev–Trinajstić information content (AvgIpc) is 2.87. The highest BCUT2D eigenvalue weighted by molar-refractivity contribution is 6.03. The van der Waals surface area contributed by atoms with Crippen LogP contribution in [0.5, 0.6) is 5.75 Å². The molecule has 90 valence electrons. The molecular weight excluding hydrogens is 218 g/mol. The fraction of sp³-hybridized carbons (Fsp3) is 0.385. The smallest absolute Gasteiger partial charge is 0.330 e. The van der Waals surface area contributed by atoms with Crippen LogP contribution < -0.4 is 4.74 Å². The summed E-state index contributed by atoms with van der Waals surface area (Å²) >= 11 is 0. The monoisotopic (exact) mass is 233 g/mol. The molecule has 1 heterocycles. The molecule has 4 nitrogen and oxygen atoms in total. The fourth-order valence-corrected chi connectivity index (χ4v) is 1.90. The highest BCUT2D eigenvalue weighted by Gasteiger charge is 2.25. The molecule has 17 heavy (non-hydrogen) atoms. The molecule has 2 rings (SSSR count). The molecule has 0 spiro atoms. The van der Waals surface area contributed by atoms with E-state index in [1.807, 2.05) is 24.3 Å². The molecule has 0 aliphatic carbocycles. The Bertz CT molecular complexity index is 436. The van der Waals surface area contributed by atoms with Crippen molar-refractivity contribution in [3.8, 4) is 5.75 Å². The lowest BCUT2D eigenvalue weighted by Crippen LogP contribution is -2.16. The Morgan fingerprint density at radius 2 is 2.00 bits per heavy atom. The second kappa shape index (κ2) is 4.99. The number of rotatable bonds is 3. The van der Waals surface area contributed by atoms with Crippen molar-refractivity contribution in [2.45, 2.75) is 18.9 Å². The largest absolute Gasteiger partial charge is 0.497 e. The van der Waals surface area contributed by atoms with Gasteiger partial charge in [0, 0.05) is 5.71 Å². The first-order chi connectivity index (χ1) is 8.24. The lowest BCUT2D eigenvalue weighted by molar-refractivity contribution is -0.141. The van der Waals surface area contributed by atoms with E-state index in [1.54, 1.807) is 7.11 Å². The van der Waals surface area contributed by atoms with Gasteiger partial charge in [-0.15, -0.1) is 0 Å². The first-order valence-electron chi connectivity index (χ1n) is 5.53. The van der Waals surface area contributed by atoms with Gasteiger partial charge in [0.2, 0.25) is 0 Å². The molecule has 1 unspecified atom stereocenters. The Morgan fingerprint density at radius 3 is 2.59 bits per heavy atom. The van der Waals surface area contributed by atoms with Crippen molar-refractivity contribution in [2.75, 3.05) is 14.2 Å². The molecule has 0 amide bonds. The molecule has 0 fully saturated rings. The van der Waals surface area contributed by atoms with E-state index in [9.17, 15) is 4.79 Å². The van der Waals surface area contributed by atoms with Crippen LogP contribution in [-0.4, -0.2) is 31.9 Å². The predicted octanol–water partition coefficient (Wildman–Crippen LogP) is 1.82. The number of aliphatic imine (C=N–C) groups is 1. The van der Waals surface area contributed by atoms with Gasteiger partial charge in [0.1, 0.15) is 11.8 Å². The van der Waals surface area contributed by atoms with E-state index in [0.717, 1.165) is 29.9 Å². The van der Waals surface area contributed by atoms with E-state index in [1.165, 1.54) is 7.11 Å². The summed E-state index contributed by atoms with van der Waals surface area (Å²) in [6, 6.07) is 7.36. The van der Waals surface area contributed by atoms with Gasteiger partial charge in [0.15, 0.2) is 0 Å². The Morgan fingerprint density at radius 1 is 1.29 bits per heavy atom. The molecule has 0 bridgehead atoms. The van der Waals surface area contributed by atoms with Crippen molar-refractivity contribution >= 4 is 11.7 Å². The molecule has 0 N–H and O–H groups in total. The van der Waals surface area contributed by atoms with Gasteiger partial charge in [0.25, 0.3) is 0 Å². The van der Waals surface area contributed by atoms with Crippen molar-refractivity contribution < 1.29 is 14.3 Å². The van der Waals surface area contributed by atoms with E-state index >= 15 is 0 Å². The zero-order valence-electron chi connectivity index (χ0n) is 9.97. The second-order valence-corrected chi connectivity index (χ2v) is 3.88. The number of benzene rings is 1. The Labute approximate surface area is 100 Å². The first kappa shape index (κ1) is 11.6. The van der Waals surface area contributed by atoms with Gasteiger partial charge in [0.05, 0.1) is 14.2 Å². The number of ether oxygens (including phenoxy) is 2. The summed E-state index contributed by atoms with van der Waals surface area (Å²) in [5.41, 5.74) is 2.00. The van der Waals surface area contributed by atoms with Gasteiger partial charge in [-0.05, 0) is 42.7 Å². The molecule has 0 saturated heterocycles. The van der Waals surface area contributed by atoms with Crippen molar-refractivity contribution in [3.63, 3.8) is 0 Å². The van der Waals surface area contributed by atoms with Crippen molar-refractivity contribution in [1.82, 2.24) is 0 Å². The number of hydrogen-bond acceptors (Lipinski definition) is 4. The number of nitrogens with zero attached hydrogens (tertiary/aromatic N) is 1. The normalized spacial score (nSPS) is 18.7. The molecule has 1 aliphatic heterocycles. The Balaban J connectivity index is 2.15. The number of carbonyl (C=O) groups is 1. The Kier molecular flexibility index (Phi) is 3.42. The molecule has 0 saturated carbocycles. The van der Waals surface area contributed by atoms with Crippen LogP contribution in [0.4, 0.5) is 0 Å². The summed E-state index contributed by atoms with van der Waals surface area (Å²) in [6.45, 7) is 0. The summed E-state index contributed by atoms with van der Waals surface area (Å²) in [6.07, 6.45) is 1.54. The molecule has 1 aromatic rings. The van der Waals surface area contributed by atoms with Crippen LogP contribution >= 0.6 is 0 Å². The standard InChI is InChI=1S/C13H15NO3/c1-16-10-5-3-9(4-6-10)11-7-8-12(14-11)13(15)17-2/h3-6,12H,7-8H2,1-2H3. The summed E-state index contributed by atoms with van der Waals surface area (Å²) in [4.78, 5) is 15.7. The van der Waals surface area contributed by atoms with Crippen LogP contribution in [0.1, 0.15) is 18.4 Å². The molecule has 1 aromatic carbocycles. The topological polar surface area (TPSA) is 47.9 Å². The van der Waals surface area contributed by atoms with Crippen LogP contribution in [0, 0.1) is 0 Å². The van der Waals surface area contributed by atoms with E-state index < -0.39 is 0 Å². The highest BCUT2D eigenvalue weighted by Crippen LogP contribution is 2.21. The van der Waals surface area contributed by atoms with E-state index in [-0.39, 0.29) is 12.0 Å². The van der Waals surface area contributed by atoms with Crippen LogP contribution in [-0.2, 0) is 9.53 Å². The quantitative estimate of drug-likeness (QED) is 0.748. The van der Waals surface area contributed by atoms with E-state index in [0.29, 0.717) is 0 Å². The third kappa shape index (κ3) is 2.46. The van der Waals surface area contributed by atoms with Gasteiger partial charge in [-0.25, -0.2) is 4.79 Å². The van der Waals surface area contributed by atoms with E-state index in [2.05, 4.69) is 9.73 Å². The zero-order valence-corrected chi connectivity index (χ0v) is 9.97. The number of esters is 1. The maximum Gasteiger partial charge on any atom is 0.330 e. The van der Waals surface area contributed by atoms with Gasteiger partial charge in [-0.1, -0.05) is 0 Å². The summed E-state index contributed by atoms with van der Waals surface area (Å²) in [5, 5.41) is 0. The van der Waals surface area contributed by atoms with Gasteiger partial charge in [-0.2, -0.15) is 0 Å². The third-order valence-corrected chi connectivity index (χ3v) is 2.86. The maximum absolute atomic E-state index is 11.3.